The van der Waals surface area contributed by atoms with Crippen LogP contribution in [0.2, 0.25) is 0 Å². The summed E-state index contributed by atoms with van der Waals surface area (Å²) in [6.07, 6.45) is 0.420. The Morgan fingerprint density at radius 1 is 1.38 bits per heavy atom. The lowest BCUT2D eigenvalue weighted by molar-refractivity contribution is 0.0235. The summed E-state index contributed by atoms with van der Waals surface area (Å²) >= 11 is 0. The van der Waals surface area contributed by atoms with Crippen molar-refractivity contribution >= 4 is 6.09 Å². The first-order chi connectivity index (χ1) is 9.80. The molecule has 0 spiro atoms. The molecule has 2 N–H and O–H groups in total. The third-order valence-electron chi connectivity index (χ3n) is 3.47. The molecular formula is C16H24N2O3. The van der Waals surface area contributed by atoms with Crippen LogP contribution in [0, 0.1) is 0 Å². The van der Waals surface area contributed by atoms with Crippen LogP contribution in [-0.4, -0.2) is 30.2 Å². The molecule has 1 aliphatic heterocycles. The lowest BCUT2D eigenvalue weighted by atomic mass is 10.00. The molecule has 21 heavy (non-hydrogen) atoms. The Balaban J connectivity index is 2.23. The van der Waals surface area contributed by atoms with Gasteiger partial charge in [-0.05, 0) is 50.5 Å². The second-order valence-corrected chi connectivity index (χ2v) is 6.36. The van der Waals surface area contributed by atoms with E-state index in [9.17, 15) is 4.79 Å². The van der Waals surface area contributed by atoms with Crippen LogP contribution >= 0.6 is 0 Å². The van der Waals surface area contributed by atoms with E-state index >= 15 is 0 Å². The Bertz CT molecular complexity index is 523. The highest BCUT2D eigenvalue weighted by molar-refractivity contribution is 5.68. The number of amides is 1. The van der Waals surface area contributed by atoms with Gasteiger partial charge in [-0.25, -0.2) is 4.79 Å². The second-order valence-electron chi connectivity index (χ2n) is 6.36. The van der Waals surface area contributed by atoms with Crippen molar-refractivity contribution in [2.24, 2.45) is 5.73 Å². The molecule has 5 nitrogen and oxygen atoms in total. The molecule has 116 valence electrons. The molecule has 0 aliphatic carbocycles. The smallest absolute Gasteiger partial charge is 0.410 e. The van der Waals surface area contributed by atoms with Gasteiger partial charge in [-0.2, -0.15) is 0 Å². The van der Waals surface area contributed by atoms with Crippen LogP contribution in [0.15, 0.2) is 18.2 Å². The molecule has 0 fully saturated rings. The molecule has 0 aromatic heterocycles. The van der Waals surface area contributed by atoms with Crippen LogP contribution in [0.4, 0.5) is 4.79 Å². The second kappa shape index (κ2) is 5.93. The minimum atomic E-state index is -0.497. The number of ether oxygens (including phenoxy) is 2. The number of hydrogen-bond acceptors (Lipinski definition) is 4. The maximum absolute atomic E-state index is 12.3. The normalized spacial score (nSPS) is 18.7. The predicted molar refractivity (Wildman–Crippen MR) is 81.2 cm³/mol. The molecule has 1 unspecified atom stereocenters. The minimum absolute atomic E-state index is 0.0710. The Morgan fingerprint density at radius 3 is 2.71 bits per heavy atom. The average Bonchev–Trinajstić information content (AvgIpc) is 2.56. The lowest BCUT2D eigenvalue weighted by Crippen LogP contribution is -2.36. The zero-order valence-electron chi connectivity index (χ0n) is 13.2. The van der Waals surface area contributed by atoms with Gasteiger partial charge in [0.05, 0.1) is 7.11 Å². The lowest BCUT2D eigenvalue weighted by Gasteiger charge is -2.26. The van der Waals surface area contributed by atoms with Gasteiger partial charge in [0.25, 0.3) is 0 Å². The highest BCUT2D eigenvalue weighted by atomic mass is 16.6. The van der Waals surface area contributed by atoms with Crippen LogP contribution in [0.25, 0.3) is 0 Å². The van der Waals surface area contributed by atoms with Crippen molar-refractivity contribution in [2.45, 2.75) is 45.4 Å². The summed E-state index contributed by atoms with van der Waals surface area (Å²) in [6.45, 7) is 6.69. The van der Waals surface area contributed by atoms with E-state index in [4.69, 9.17) is 15.2 Å². The highest BCUT2D eigenvalue weighted by Gasteiger charge is 2.27. The number of methoxy groups -OCH3 is 1. The Morgan fingerprint density at radius 2 is 2.10 bits per heavy atom. The molecule has 1 aromatic carbocycles. The van der Waals surface area contributed by atoms with Gasteiger partial charge in [0.15, 0.2) is 0 Å². The molecular weight excluding hydrogens is 268 g/mol. The van der Waals surface area contributed by atoms with Gasteiger partial charge >= 0.3 is 6.09 Å². The Kier molecular flexibility index (Phi) is 4.42. The molecule has 0 saturated carbocycles. The monoisotopic (exact) mass is 292 g/mol. The number of carbonyl (C=O) groups is 1. The SMILES string of the molecule is COc1ccc2c(c1)CN(C(=O)OC(C)(C)C)CCC2N. The number of nitrogens with zero attached hydrogens (tertiary/aromatic N) is 1. The van der Waals surface area contributed by atoms with Gasteiger partial charge in [0.2, 0.25) is 0 Å². The van der Waals surface area contributed by atoms with Crippen molar-refractivity contribution in [1.29, 1.82) is 0 Å². The molecule has 1 aliphatic rings. The summed E-state index contributed by atoms with van der Waals surface area (Å²) in [6, 6.07) is 5.76. The van der Waals surface area contributed by atoms with Gasteiger partial charge in [-0.3, -0.25) is 0 Å². The molecule has 0 radical (unpaired) electrons. The van der Waals surface area contributed by atoms with Crippen LogP contribution in [0.3, 0.4) is 0 Å². The summed E-state index contributed by atoms with van der Waals surface area (Å²) in [4.78, 5) is 14.0. The van der Waals surface area contributed by atoms with Crippen molar-refractivity contribution in [3.63, 3.8) is 0 Å². The Labute approximate surface area is 126 Å². The van der Waals surface area contributed by atoms with E-state index in [1.165, 1.54) is 0 Å². The number of nitrogens with two attached hydrogens (primary N) is 1. The summed E-state index contributed by atoms with van der Waals surface area (Å²) in [5.74, 6) is 0.770. The van der Waals surface area contributed by atoms with Gasteiger partial charge in [0, 0.05) is 19.1 Å². The van der Waals surface area contributed by atoms with Crippen LogP contribution in [-0.2, 0) is 11.3 Å². The molecule has 2 rings (SSSR count). The molecule has 1 atom stereocenters. The minimum Gasteiger partial charge on any atom is -0.497 e. The summed E-state index contributed by atoms with van der Waals surface area (Å²) in [7, 11) is 1.63. The number of carbonyl (C=O) groups excluding carboxylic acids is 1. The van der Waals surface area contributed by atoms with Gasteiger partial charge < -0.3 is 20.1 Å². The highest BCUT2D eigenvalue weighted by Crippen LogP contribution is 2.29. The largest absolute Gasteiger partial charge is 0.497 e. The maximum atomic E-state index is 12.3. The van der Waals surface area contributed by atoms with Crippen LogP contribution in [0.5, 0.6) is 5.75 Å². The van der Waals surface area contributed by atoms with Crippen molar-refractivity contribution in [3.05, 3.63) is 29.3 Å². The average molecular weight is 292 g/mol. The van der Waals surface area contributed by atoms with Gasteiger partial charge in [-0.1, -0.05) is 6.07 Å². The first-order valence-corrected chi connectivity index (χ1v) is 7.20. The first kappa shape index (κ1) is 15.6. The molecule has 1 amide bonds. The fourth-order valence-electron chi connectivity index (χ4n) is 2.43. The number of benzene rings is 1. The quantitative estimate of drug-likeness (QED) is 0.864. The molecule has 5 heteroatoms. The summed E-state index contributed by atoms with van der Waals surface area (Å²) < 4.78 is 10.7. The van der Waals surface area contributed by atoms with Gasteiger partial charge in [-0.15, -0.1) is 0 Å². The van der Waals surface area contributed by atoms with E-state index in [2.05, 4.69) is 0 Å². The van der Waals surface area contributed by atoms with Gasteiger partial charge in [0.1, 0.15) is 11.4 Å². The van der Waals surface area contributed by atoms with E-state index in [1.54, 1.807) is 12.0 Å². The zero-order valence-corrected chi connectivity index (χ0v) is 13.2. The number of hydrogen-bond donors (Lipinski definition) is 1. The van der Waals surface area contributed by atoms with E-state index < -0.39 is 5.60 Å². The van der Waals surface area contributed by atoms with Crippen molar-refractivity contribution < 1.29 is 14.3 Å². The van der Waals surface area contributed by atoms with Crippen molar-refractivity contribution in [2.75, 3.05) is 13.7 Å². The number of rotatable bonds is 1. The maximum Gasteiger partial charge on any atom is 0.410 e. The first-order valence-electron chi connectivity index (χ1n) is 7.20. The number of fused-ring (bicyclic) bond motifs is 1. The third kappa shape index (κ3) is 3.88. The third-order valence-corrected chi connectivity index (χ3v) is 3.47. The van der Waals surface area contributed by atoms with Crippen molar-refractivity contribution in [1.82, 2.24) is 4.90 Å². The molecule has 0 saturated heterocycles. The Hall–Kier alpha value is -1.75. The van der Waals surface area contributed by atoms with Crippen LogP contribution < -0.4 is 10.5 Å². The van der Waals surface area contributed by atoms with E-state index in [1.807, 2.05) is 39.0 Å². The van der Waals surface area contributed by atoms with Crippen LogP contribution in [0.1, 0.15) is 44.4 Å². The predicted octanol–water partition coefficient (Wildman–Crippen LogP) is 2.84. The van der Waals surface area contributed by atoms with E-state index in [0.29, 0.717) is 13.1 Å². The standard InChI is InChI=1S/C16H24N2O3/c1-16(2,3)21-15(19)18-8-7-14(17)13-6-5-12(20-4)9-11(13)10-18/h5-6,9,14H,7-8,10,17H2,1-4H3. The summed E-state index contributed by atoms with van der Waals surface area (Å²) in [5.41, 5.74) is 7.80. The molecule has 0 bridgehead atoms. The molecule has 1 aromatic rings. The van der Waals surface area contributed by atoms with E-state index in [0.717, 1.165) is 23.3 Å². The summed E-state index contributed by atoms with van der Waals surface area (Å²) in [5, 5.41) is 0. The fraction of sp³-hybridized carbons (Fsp3) is 0.562. The zero-order chi connectivity index (χ0) is 15.6. The molecule has 1 heterocycles. The fourth-order valence-corrected chi connectivity index (χ4v) is 2.43. The van der Waals surface area contributed by atoms with Crippen molar-refractivity contribution in [3.8, 4) is 5.75 Å². The van der Waals surface area contributed by atoms with E-state index in [-0.39, 0.29) is 12.1 Å². The topological polar surface area (TPSA) is 64.8 Å².